The fraction of sp³-hybridized carbons (Fsp3) is 1.00. The number of hydrogen-bond acceptors (Lipinski definition) is 3. The lowest BCUT2D eigenvalue weighted by atomic mass is 10.1. The molecular weight excluding hydrogens is 216 g/mol. The number of alkyl halides is 2. The smallest absolute Gasteiger partial charge is 0.350 e. The van der Waals surface area contributed by atoms with Crippen LogP contribution in [0.25, 0.3) is 0 Å². The van der Waals surface area contributed by atoms with Crippen LogP contribution in [-0.2, 0) is 10.0 Å². The number of halogens is 2. The highest BCUT2D eigenvalue weighted by atomic mass is 32.2. The zero-order chi connectivity index (χ0) is 11.4. The molecule has 1 unspecified atom stereocenters. The second kappa shape index (κ2) is 5.57. The van der Waals surface area contributed by atoms with E-state index in [0.717, 1.165) is 0 Å². The molecule has 0 aromatic rings. The quantitative estimate of drug-likeness (QED) is 0.701. The zero-order valence-electron chi connectivity index (χ0n) is 8.07. The van der Waals surface area contributed by atoms with Gasteiger partial charge in [0.25, 0.3) is 10.0 Å². The second-order valence-electron chi connectivity index (χ2n) is 3.43. The molecule has 0 spiro atoms. The Hall–Kier alpha value is -0.270. The Bertz CT molecular complexity index is 254. The van der Waals surface area contributed by atoms with Crippen molar-refractivity contribution in [3.63, 3.8) is 0 Å². The van der Waals surface area contributed by atoms with E-state index in [1.54, 1.807) is 18.6 Å². The van der Waals surface area contributed by atoms with Crippen LogP contribution in [0.1, 0.15) is 20.3 Å². The van der Waals surface area contributed by atoms with Gasteiger partial charge >= 0.3 is 5.76 Å². The van der Waals surface area contributed by atoms with Crippen molar-refractivity contribution in [1.82, 2.24) is 4.72 Å². The summed E-state index contributed by atoms with van der Waals surface area (Å²) < 4.78 is 47.0. The molecule has 0 saturated carbocycles. The fourth-order valence-corrected chi connectivity index (χ4v) is 1.75. The Morgan fingerprint density at radius 2 is 1.86 bits per heavy atom. The molecule has 1 atom stereocenters. The molecule has 0 fully saturated rings. The molecule has 0 heterocycles. The van der Waals surface area contributed by atoms with Crippen molar-refractivity contribution in [2.75, 3.05) is 6.61 Å². The van der Waals surface area contributed by atoms with Crippen LogP contribution in [0.2, 0.25) is 0 Å². The Balaban J connectivity index is 4.32. The van der Waals surface area contributed by atoms with Crippen molar-refractivity contribution in [3.8, 4) is 0 Å². The molecule has 0 radical (unpaired) electrons. The van der Waals surface area contributed by atoms with Gasteiger partial charge in [-0.05, 0) is 12.3 Å². The van der Waals surface area contributed by atoms with E-state index in [9.17, 15) is 17.2 Å². The summed E-state index contributed by atoms with van der Waals surface area (Å²) >= 11 is 0. The van der Waals surface area contributed by atoms with Crippen molar-refractivity contribution >= 4 is 10.0 Å². The number of rotatable bonds is 6. The largest absolute Gasteiger partial charge is 0.395 e. The first-order valence-electron chi connectivity index (χ1n) is 4.19. The number of aliphatic hydroxyl groups is 1. The molecule has 2 N–H and O–H groups in total. The monoisotopic (exact) mass is 231 g/mol. The van der Waals surface area contributed by atoms with Crippen LogP contribution in [-0.4, -0.2) is 31.9 Å². The van der Waals surface area contributed by atoms with Gasteiger partial charge in [-0.3, -0.25) is 0 Å². The first-order valence-corrected chi connectivity index (χ1v) is 5.74. The van der Waals surface area contributed by atoms with Crippen LogP contribution in [0.5, 0.6) is 0 Å². The molecule has 14 heavy (non-hydrogen) atoms. The summed E-state index contributed by atoms with van der Waals surface area (Å²) in [4.78, 5) is 0. The van der Waals surface area contributed by atoms with Crippen LogP contribution in [0.4, 0.5) is 8.78 Å². The van der Waals surface area contributed by atoms with Crippen LogP contribution < -0.4 is 4.72 Å². The minimum Gasteiger partial charge on any atom is -0.395 e. The van der Waals surface area contributed by atoms with Gasteiger partial charge in [-0.1, -0.05) is 13.8 Å². The maximum atomic E-state index is 11.9. The topological polar surface area (TPSA) is 66.4 Å². The molecule has 0 bridgehead atoms. The van der Waals surface area contributed by atoms with Gasteiger partial charge in [-0.25, -0.2) is 13.1 Å². The summed E-state index contributed by atoms with van der Waals surface area (Å²) in [6.45, 7) is 3.13. The molecule has 0 amide bonds. The minimum absolute atomic E-state index is 0.118. The van der Waals surface area contributed by atoms with Gasteiger partial charge in [0.1, 0.15) is 0 Å². The van der Waals surface area contributed by atoms with Crippen molar-refractivity contribution < 1.29 is 22.3 Å². The second-order valence-corrected chi connectivity index (χ2v) is 5.11. The van der Waals surface area contributed by atoms with Gasteiger partial charge in [0, 0.05) is 6.04 Å². The van der Waals surface area contributed by atoms with Crippen LogP contribution in [0.3, 0.4) is 0 Å². The fourth-order valence-electron chi connectivity index (χ4n) is 1.01. The van der Waals surface area contributed by atoms with E-state index >= 15 is 0 Å². The van der Waals surface area contributed by atoms with Crippen molar-refractivity contribution in [1.29, 1.82) is 0 Å². The third-order valence-electron chi connectivity index (χ3n) is 1.54. The first kappa shape index (κ1) is 13.7. The molecular formula is C7H15F2NO3S. The number of sulfonamides is 1. The molecule has 0 aromatic heterocycles. The summed E-state index contributed by atoms with van der Waals surface area (Å²) in [5.74, 6) is -3.34. The van der Waals surface area contributed by atoms with Gasteiger partial charge in [0.05, 0.1) is 6.61 Å². The molecule has 0 aliphatic carbocycles. The van der Waals surface area contributed by atoms with E-state index in [-0.39, 0.29) is 5.92 Å². The van der Waals surface area contributed by atoms with Gasteiger partial charge in [-0.2, -0.15) is 8.78 Å². The van der Waals surface area contributed by atoms with E-state index in [4.69, 9.17) is 5.11 Å². The van der Waals surface area contributed by atoms with Gasteiger partial charge in [0.2, 0.25) is 0 Å². The predicted molar refractivity (Wildman–Crippen MR) is 48.4 cm³/mol. The highest BCUT2D eigenvalue weighted by Crippen LogP contribution is 2.08. The van der Waals surface area contributed by atoms with Crippen molar-refractivity contribution in [2.45, 2.75) is 32.1 Å². The lowest BCUT2D eigenvalue weighted by Gasteiger charge is -2.17. The average Bonchev–Trinajstić information content (AvgIpc) is 2.01. The standard InChI is InChI=1S/C7H15F2NO3S/c1-5(2)3-6(4-11)10-14(12,13)7(8)9/h5-7,10-11H,3-4H2,1-2H3. The third-order valence-corrected chi connectivity index (χ3v) is 2.67. The number of nitrogens with one attached hydrogen (secondary N) is 1. The predicted octanol–water partition coefficient (Wildman–Crippen LogP) is 0.535. The maximum Gasteiger partial charge on any atom is 0.350 e. The minimum atomic E-state index is -4.60. The van der Waals surface area contributed by atoms with Crippen LogP contribution in [0.15, 0.2) is 0 Å². The SMILES string of the molecule is CC(C)CC(CO)NS(=O)(=O)C(F)F. The summed E-state index contributed by atoms with van der Waals surface area (Å²) in [6.07, 6.45) is 0.322. The van der Waals surface area contributed by atoms with Crippen molar-refractivity contribution in [3.05, 3.63) is 0 Å². The van der Waals surface area contributed by atoms with E-state index in [0.29, 0.717) is 6.42 Å². The van der Waals surface area contributed by atoms with Crippen LogP contribution in [0, 0.1) is 5.92 Å². The first-order chi connectivity index (χ1) is 6.29. The summed E-state index contributed by atoms with van der Waals surface area (Å²) in [7, 11) is -4.60. The van der Waals surface area contributed by atoms with Gasteiger partial charge in [0.15, 0.2) is 0 Å². The lowest BCUT2D eigenvalue weighted by Crippen LogP contribution is -2.41. The highest BCUT2D eigenvalue weighted by Gasteiger charge is 2.27. The van der Waals surface area contributed by atoms with E-state index in [2.05, 4.69) is 0 Å². The Morgan fingerprint density at radius 3 is 2.14 bits per heavy atom. The highest BCUT2D eigenvalue weighted by molar-refractivity contribution is 7.89. The normalized spacial score (nSPS) is 15.1. The summed E-state index contributed by atoms with van der Waals surface area (Å²) in [6, 6.07) is -0.839. The summed E-state index contributed by atoms with van der Waals surface area (Å²) in [5.41, 5.74) is 0. The zero-order valence-corrected chi connectivity index (χ0v) is 8.89. The number of hydrogen-bond donors (Lipinski definition) is 2. The maximum absolute atomic E-state index is 11.9. The van der Waals surface area contributed by atoms with Gasteiger partial charge < -0.3 is 5.11 Å². The Morgan fingerprint density at radius 1 is 1.36 bits per heavy atom. The van der Waals surface area contributed by atoms with E-state index in [1.807, 2.05) is 0 Å². The van der Waals surface area contributed by atoms with E-state index < -0.39 is 28.4 Å². The van der Waals surface area contributed by atoms with E-state index in [1.165, 1.54) is 0 Å². The molecule has 0 aliphatic rings. The molecule has 0 saturated heterocycles. The Kier molecular flexibility index (Phi) is 5.46. The van der Waals surface area contributed by atoms with Gasteiger partial charge in [-0.15, -0.1) is 0 Å². The molecule has 7 heteroatoms. The van der Waals surface area contributed by atoms with Crippen LogP contribution >= 0.6 is 0 Å². The molecule has 4 nitrogen and oxygen atoms in total. The molecule has 86 valence electrons. The molecule has 0 rings (SSSR count). The molecule has 0 aromatic carbocycles. The van der Waals surface area contributed by atoms with Crippen molar-refractivity contribution in [2.24, 2.45) is 5.92 Å². The summed E-state index contributed by atoms with van der Waals surface area (Å²) in [5, 5.41) is 8.75. The molecule has 0 aliphatic heterocycles. The number of aliphatic hydroxyl groups excluding tert-OH is 1. The lowest BCUT2D eigenvalue weighted by molar-refractivity contribution is 0.218. The average molecular weight is 231 g/mol. The Labute approximate surface area is 82.4 Å². The third kappa shape index (κ3) is 4.83.